The summed E-state index contributed by atoms with van der Waals surface area (Å²) >= 11 is 0. The van der Waals surface area contributed by atoms with Crippen LogP contribution in [0.2, 0.25) is 0 Å². The van der Waals surface area contributed by atoms with Gasteiger partial charge in [0.25, 0.3) is 0 Å². The van der Waals surface area contributed by atoms with Crippen LogP contribution in [0.4, 0.5) is 5.82 Å². The molecule has 0 amide bonds. The molecule has 1 aromatic heterocycles. The Bertz CT molecular complexity index is 383. The van der Waals surface area contributed by atoms with Crippen molar-refractivity contribution in [3.05, 3.63) is 23.9 Å². The highest BCUT2D eigenvalue weighted by atomic mass is 16.5. The lowest BCUT2D eigenvalue weighted by Gasteiger charge is -2.22. The van der Waals surface area contributed by atoms with E-state index in [1.807, 2.05) is 0 Å². The van der Waals surface area contributed by atoms with Gasteiger partial charge in [0, 0.05) is 26.9 Å². The number of pyridine rings is 1. The van der Waals surface area contributed by atoms with Gasteiger partial charge in [-0.2, -0.15) is 0 Å². The van der Waals surface area contributed by atoms with Crippen LogP contribution < -0.4 is 4.90 Å². The molecule has 0 spiro atoms. The molecule has 2 N–H and O–H groups in total. The zero-order chi connectivity index (χ0) is 12.8. The molecular formula is C11H16N2O4. The van der Waals surface area contributed by atoms with E-state index in [0.29, 0.717) is 5.82 Å². The van der Waals surface area contributed by atoms with Crippen molar-refractivity contribution in [1.29, 1.82) is 0 Å². The number of hydrogen-bond acceptors (Lipinski definition) is 5. The summed E-state index contributed by atoms with van der Waals surface area (Å²) in [6, 6.07) is 3.04. The Morgan fingerprint density at radius 3 is 2.94 bits per heavy atom. The first-order valence-electron chi connectivity index (χ1n) is 5.12. The molecule has 0 radical (unpaired) electrons. The molecule has 0 saturated heterocycles. The fourth-order valence-electron chi connectivity index (χ4n) is 1.52. The summed E-state index contributed by atoms with van der Waals surface area (Å²) in [4.78, 5) is 16.6. The zero-order valence-corrected chi connectivity index (χ0v) is 9.83. The molecule has 1 aromatic rings. The minimum absolute atomic E-state index is 0.111. The van der Waals surface area contributed by atoms with Gasteiger partial charge in [0.1, 0.15) is 11.4 Å². The molecule has 1 rings (SSSR count). The average molecular weight is 240 g/mol. The van der Waals surface area contributed by atoms with E-state index in [2.05, 4.69) is 4.98 Å². The SMILES string of the molecule is COCC(O)CN(C)c1ncccc1C(=O)O. The van der Waals surface area contributed by atoms with E-state index in [9.17, 15) is 9.90 Å². The number of ether oxygens (including phenoxy) is 1. The van der Waals surface area contributed by atoms with Gasteiger partial charge >= 0.3 is 5.97 Å². The second-order valence-corrected chi connectivity index (χ2v) is 3.67. The first kappa shape index (κ1) is 13.4. The predicted molar refractivity (Wildman–Crippen MR) is 62.3 cm³/mol. The van der Waals surface area contributed by atoms with Crippen molar-refractivity contribution in [2.45, 2.75) is 6.10 Å². The summed E-state index contributed by atoms with van der Waals surface area (Å²) < 4.78 is 4.80. The molecular weight excluding hydrogens is 224 g/mol. The molecule has 0 aliphatic heterocycles. The van der Waals surface area contributed by atoms with Gasteiger partial charge in [0.05, 0.1) is 12.7 Å². The van der Waals surface area contributed by atoms with Crippen LogP contribution in [0.1, 0.15) is 10.4 Å². The topological polar surface area (TPSA) is 82.9 Å². The van der Waals surface area contributed by atoms with Crippen molar-refractivity contribution in [3.8, 4) is 0 Å². The van der Waals surface area contributed by atoms with Crippen molar-refractivity contribution < 1.29 is 19.7 Å². The number of carboxylic acid groups (broad SMARTS) is 1. The number of carboxylic acids is 1. The van der Waals surface area contributed by atoms with Crippen LogP contribution in [0, 0.1) is 0 Å². The molecule has 0 bridgehead atoms. The Morgan fingerprint density at radius 1 is 1.65 bits per heavy atom. The molecule has 0 aromatic carbocycles. The summed E-state index contributed by atoms with van der Waals surface area (Å²) in [6.07, 6.45) is 0.828. The van der Waals surface area contributed by atoms with Gasteiger partial charge in [0.2, 0.25) is 0 Å². The molecule has 17 heavy (non-hydrogen) atoms. The Balaban J connectivity index is 2.81. The lowest BCUT2D eigenvalue weighted by Crippen LogP contribution is -2.33. The number of methoxy groups -OCH3 is 1. The molecule has 0 saturated carbocycles. The van der Waals surface area contributed by atoms with Gasteiger partial charge in [0.15, 0.2) is 0 Å². The third kappa shape index (κ3) is 3.69. The summed E-state index contributed by atoms with van der Waals surface area (Å²) in [7, 11) is 3.17. The molecule has 0 fully saturated rings. The number of aromatic nitrogens is 1. The molecule has 0 aliphatic rings. The Morgan fingerprint density at radius 2 is 2.35 bits per heavy atom. The maximum Gasteiger partial charge on any atom is 0.339 e. The number of rotatable bonds is 6. The van der Waals surface area contributed by atoms with E-state index in [1.165, 1.54) is 19.4 Å². The summed E-state index contributed by atoms with van der Waals surface area (Å²) in [5.41, 5.74) is 0.111. The highest BCUT2D eigenvalue weighted by Gasteiger charge is 2.16. The minimum Gasteiger partial charge on any atom is -0.478 e. The number of aliphatic hydroxyl groups excluding tert-OH is 1. The third-order valence-electron chi connectivity index (χ3n) is 2.22. The quantitative estimate of drug-likeness (QED) is 0.740. The largest absolute Gasteiger partial charge is 0.478 e. The van der Waals surface area contributed by atoms with Gasteiger partial charge in [-0.15, -0.1) is 0 Å². The van der Waals surface area contributed by atoms with Crippen molar-refractivity contribution in [2.75, 3.05) is 32.2 Å². The number of aromatic carboxylic acids is 1. The molecule has 6 nitrogen and oxygen atoms in total. The van der Waals surface area contributed by atoms with Gasteiger partial charge in [-0.25, -0.2) is 9.78 Å². The number of likely N-dealkylation sites (N-methyl/N-ethyl adjacent to an activating group) is 1. The van der Waals surface area contributed by atoms with Crippen LogP contribution in [-0.4, -0.2) is 54.6 Å². The Hall–Kier alpha value is -1.66. The van der Waals surface area contributed by atoms with E-state index in [1.54, 1.807) is 18.0 Å². The zero-order valence-electron chi connectivity index (χ0n) is 9.83. The maximum atomic E-state index is 11.0. The molecule has 1 heterocycles. The number of nitrogens with zero attached hydrogens (tertiary/aromatic N) is 2. The number of anilines is 1. The van der Waals surface area contributed by atoms with Crippen molar-refractivity contribution in [3.63, 3.8) is 0 Å². The molecule has 94 valence electrons. The fourth-order valence-corrected chi connectivity index (χ4v) is 1.52. The minimum atomic E-state index is -1.04. The molecule has 1 unspecified atom stereocenters. The number of carbonyl (C=O) groups is 1. The highest BCUT2D eigenvalue weighted by molar-refractivity contribution is 5.93. The second-order valence-electron chi connectivity index (χ2n) is 3.67. The van der Waals surface area contributed by atoms with E-state index < -0.39 is 12.1 Å². The van der Waals surface area contributed by atoms with Crippen molar-refractivity contribution >= 4 is 11.8 Å². The lowest BCUT2D eigenvalue weighted by atomic mass is 10.2. The normalized spacial score (nSPS) is 12.2. The fraction of sp³-hybridized carbons (Fsp3) is 0.455. The van der Waals surface area contributed by atoms with Gasteiger partial charge in [-0.1, -0.05) is 0 Å². The van der Waals surface area contributed by atoms with Gasteiger partial charge in [-0.05, 0) is 12.1 Å². The van der Waals surface area contributed by atoms with Crippen LogP contribution >= 0.6 is 0 Å². The van der Waals surface area contributed by atoms with Gasteiger partial charge < -0.3 is 19.8 Å². The Kier molecular flexibility index (Phi) is 4.86. The maximum absolute atomic E-state index is 11.0. The second kappa shape index (κ2) is 6.17. The van der Waals surface area contributed by atoms with Crippen molar-refractivity contribution in [1.82, 2.24) is 4.98 Å². The van der Waals surface area contributed by atoms with E-state index in [4.69, 9.17) is 9.84 Å². The highest BCUT2D eigenvalue weighted by Crippen LogP contribution is 2.15. The van der Waals surface area contributed by atoms with E-state index >= 15 is 0 Å². The average Bonchev–Trinajstić information content (AvgIpc) is 2.29. The van der Waals surface area contributed by atoms with Crippen LogP contribution in [-0.2, 0) is 4.74 Å². The van der Waals surface area contributed by atoms with Crippen LogP contribution in [0.15, 0.2) is 18.3 Å². The van der Waals surface area contributed by atoms with E-state index in [-0.39, 0.29) is 18.7 Å². The summed E-state index contributed by atoms with van der Waals surface area (Å²) in [5, 5.41) is 18.6. The predicted octanol–water partition coefficient (Wildman–Crippen LogP) is 0.223. The third-order valence-corrected chi connectivity index (χ3v) is 2.22. The standard InChI is InChI=1S/C11H16N2O4/c1-13(6-8(14)7-17-2)10-9(11(15)16)4-3-5-12-10/h3-5,8,14H,6-7H2,1-2H3,(H,15,16). The lowest BCUT2D eigenvalue weighted by molar-refractivity contribution is 0.0679. The Labute approximate surface area is 99.5 Å². The van der Waals surface area contributed by atoms with E-state index in [0.717, 1.165) is 0 Å². The molecule has 0 aliphatic carbocycles. The number of hydrogen-bond donors (Lipinski definition) is 2. The van der Waals surface area contributed by atoms with Crippen LogP contribution in [0.3, 0.4) is 0 Å². The van der Waals surface area contributed by atoms with Crippen molar-refractivity contribution in [2.24, 2.45) is 0 Å². The van der Waals surface area contributed by atoms with Gasteiger partial charge in [-0.3, -0.25) is 0 Å². The molecule has 6 heteroatoms. The summed E-state index contributed by atoms with van der Waals surface area (Å²) in [5.74, 6) is -0.712. The summed E-state index contributed by atoms with van der Waals surface area (Å²) in [6.45, 7) is 0.449. The number of aliphatic hydroxyl groups is 1. The molecule has 1 atom stereocenters. The van der Waals surface area contributed by atoms with Crippen LogP contribution in [0.5, 0.6) is 0 Å². The first-order chi connectivity index (χ1) is 8.06. The first-order valence-corrected chi connectivity index (χ1v) is 5.12. The van der Waals surface area contributed by atoms with Crippen LogP contribution in [0.25, 0.3) is 0 Å². The monoisotopic (exact) mass is 240 g/mol. The smallest absolute Gasteiger partial charge is 0.339 e.